The molecule has 13 heavy (non-hydrogen) atoms. The molecule has 2 heterocycles. The molecule has 3 nitrogen and oxygen atoms in total. The smallest absolute Gasteiger partial charge is 0.173 e. The van der Waals surface area contributed by atoms with E-state index in [-0.39, 0.29) is 5.41 Å². The van der Waals surface area contributed by atoms with E-state index in [1.165, 1.54) is 0 Å². The van der Waals surface area contributed by atoms with Crippen LogP contribution in [0.4, 0.5) is 0 Å². The maximum Gasteiger partial charge on any atom is 0.173 e. The molecule has 0 aromatic carbocycles. The lowest BCUT2D eigenvalue weighted by molar-refractivity contribution is 0.548. The summed E-state index contributed by atoms with van der Waals surface area (Å²) in [5.74, 6) is 0.853. The minimum atomic E-state index is -0.00218. The summed E-state index contributed by atoms with van der Waals surface area (Å²) < 4.78 is 1.05. The van der Waals surface area contributed by atoms with Gasteiger partial charge in [-0.3, -0.25) is 0 Å². The molecule has 0 aliphatic heterocycles. The molecule has 0 saturated heterocycles. The summed E-state index contributed by atoms with van der Waals surface area (Å²) in [5.41, 5.74) is 2.61. The fourth-order valence-corrected chi connectivity index (χ4v) is 1.62. The first-order valence-electron chi connectivity index (χ1n) is 4.14. The predicted molar refractivity (Wildman–Crippen MR) is 53.9 cm³/mol. The zero-order chi connectivity index (χ0) is 9.47. The first-order chi connectivity index (χ1) is 6.07. The molecule has 0 bridgehead atoms. The summed E-state index contributed by atoms with van der Waals surface area (Å²) in [6, 6.07) is 0. The average Bonchev–Trinajstić information content (AvgIpc) is 2.47. The maximum absolute atomic E-state index is 4.39. The van der Waals surface area contributed by atoms with Crippen LogP contribution in [0, 0.1) is 0 Å². The van der Waals surface area contributed by atoms with E-state index in [2.05, 4.69) is 35.7 Å². The Morgan fingerprint density at radius 1 is 1.23 bits per heavy atom. The van der Waals surface area contributed by atoms with Crippen molar-refractivity contribution in [2.75, 3.05) is 0 Å². The van der Waals surface area contributed by atoms with Gasteiger partial charge in [-0.25, -0.2) is 15.0 Å². The van der Waals surface area contributed by atoms with Gasteiger partial charge in [-0.15, -0.1) is 11.3 Å². The van der Waals surface area contributed by atoms with Crippen LogP contribution in [0.2, 0.25) is 0 Å². The van der Waals surface area contributed by atoms with E-state index in [0.717, 1.165) is 16.2 Å². The fraction of sp³-hybridized carbons (Fsp3) is 0.444. The molecule has 0 radical (unpaired) electrons. The molecule has 0 N–H and O–H groups in total. The highest BCUT2D eigenvalue weighted by molar-refractivity contribution is 7.16. The molecule has 0 fully saturated rings. The summed E-state index contributed by atoms with van der Waals surface area (Å²) >= 11 is 1.57. The monoisotopic (exact) mass is 193 g/mol. The third-order valence-corrected chi connectivity index (χ3v) is 2.51. The van der Waals surface area contributed by atoms with E-state index < -0.39 is 0 Å². The Bertz CT molecular complexity index is 428. The van der Waals surface area contributed by atoms with Crippen LogP contribution < -0.4 is 0 Å². The van der Waals surface area contributed by atoms with Crippen molar-refractivity contribution >= 4 is 21.7 Å². The minimum absolute atomic E-state index is 0.00218. The Balaban J connectivity index is 2.61. The molecule has 0 spiro atoms. The van der Waals surface area contributed by atoms with Gasteiger partial charge in [0.25, 0.3) is 0 Å². The number of rotatable bonds is 0. The third-order valence-electron chi connectivity index (χ3n) is 1.76. The van der Waals surface area contributed by atoms with Gasteiger partial charge >= 0.3 is 0 Å². The van der Waals surface area contributed by atoms with Crippen LogP contribution in [0.3, 0.4) is 0 Å². The molecule has 68 valence electrons. The Kier molecular flexibility index (Phi) is 1.80. The van der Waals surface area contributed by atoms with E-state index in [0.29, 0.717) is 0 Å². The number of nitrogens with zero attached hydrogens (tertiary/aromatic N) is 3. The van der Waals surface area contributed by atoms with Crippen LogP contribution in [0.5, 0.6) is 0 Å². The highest BCUT2D eigenvalue weighted by atomic mass is 32.1. The van der Waals surface area contributed by atoms with Gasteiger partial charge in [-0.05, 0) is 0 Å². The summed E-state index contributed by atoms with van der Waals surface area (Å²) in [4.78, 5) is 12.9. The second kappa shape index (κ2) is 2.73. The summed E-state index contributed by atoms with van der Waals surface area (Å²) in [6.45, 7) is 6.29. The highest BCUT2D eigenvalue weighted by Gasteiger charge is 2.17. The van der Waals surface area contributed by atoms with E-state index >= 15 is 0 Å². The SMILES string of the molecule is CC(C)(C)c1ncc2scnc2n1. The van der Waals surface area contributed by atoms with Gasteiger partial charge in [0.1, 0.15) is 5.82 Å². The molecular weight excluding hydrogens is 182 g/mol. The van der Waals surface area contributed by atoms with Crippen molar-refractivity contribution in [1.82, 2.24) is 15.0 Å². The number of aromatic nitrogens is 3. The Morgan fingerprint density at radius 2 is 2.00 bits per heavy atom. The Morgan fingerprint density at radius 3 is 2.69 bits per heavy atom. The normalized spacial score (nSPS) is 12.2. The minimum Gasteiger partial charge on any atom is -0.239 e. The fourth-order valence-electron chi connectivity index (χ4n) is 1.03. The molecule has 2 rings (SSSR count). The first kappa shape index (κ1) is 8.56. The van der Waals surface area contributed by atoms with Crippen molar-refractivity contribution < 1.29 is 0 Å². The van der Waals surface area contributed by atoms with Crippen molar-refractivity contribution in [2.24, 2.45) is 0 Å². The number of fused-ring (bicyclic) bond motifs is 1. The van der Waals surface area contributed by atoms with Gasteiger partial charge in [-0.1, -0.05) is 20.8 Å². The van der Waals surface area contributed by atoms with Crippen LogP contribution in [-0.4, -0.2) is 15.0 Å². The van der Waals surface area contributed by atoms with Crippen molar-refractivity contribution in [3.63, 3.8) is 0 Å². The van der Waals surface area contributed by atoms with E-state index in [9.17, 15) is 0 Å². The molecular formula is C9H11N3S. The Hall–Kier alpha value is -1.03. The molecule has 0 atom stereocenters. The van der Waals surface area contributed by atoms with Crippen LogP contribution >= 0.6 is 11.3 Å². The summed E-state index contributed by atoms with van der Waals surface area (Å²) in [5, 5.41) is 0. The largest absolute Gasteiger partial charge is 0.239 e. The van der Waals surface area contributed by atoms with E-state index in [1.54, 1.807) is 16.8 Å². The second-order valence-corrected chi connectivity index (χ2v) is 4.87. The zero-order valence-corrected chi connectivity index (χ0v) is 8.72. The molecule has 2 aromatic rings. The zero-order valence-electron chi connectivity index (χ0n) is 7.90. The summed E-state index contributed by atoms with van der Waals surface area (Å²) in [6.07, 6.45) is 1.85. The molecule has 0 aliphatic rings. The lowest BCUT2D eigenvalue weighted by Crippen LogP contribution is -2.15. The lowest BCUT2D eigenvalue weighted by Gasteiger charge is -2.15. The standard InChI is InChI=1S/C9H11N3S/c1-9(2,3)8-10-4-6-7(12-8)11-5-13-6/h4-5H,1-3H3. The van der Waals surface area contributed by atoms with E-state index in [1.807, 2.05) is 6.20 Å². The van der Waals surface area contributed by atoms with Gasteiger partial charge in [0.2, 0.25) is 0 Å². The quantitative estimate of drug-likeness (QED) is 0.644. The second-order valence-electron chi connectivity index (χ2n) is 3.98. The molecule has 0 aliphatic carbocycles. The predicted octanol–water partition coefficient (Wildman–Crippen LogP) is 2.38. The number of hydrogen-bond donors (Lipinski definition) is 0. The van der Waals surface area contributed by atoms with Crippen LogP contribution in [0.1, 0.15) is 26.6 Å². The van der Waals surface area contributed by atoms with Gasteiger partial charge in [-0.2, -0.15) is 0 Å². The van der Waals surface area contributed by atoms with Gasteiger partial charge in [0, 0.05) is 5.41 Å². The number of hydrogen-bond acceptors (Lipinski definition) is 4. The van der Waals surface area contributed by atoms with Crippen LogP contribution in [0.25, 0.3) is 10.3 Å². The van der Waals surface area contributed by atoms with E-state index in [4.69, 9.17) is 0 Å². The highest BCUT2D eigenvalue weighted by Crippen LogP contribution is 2.21. The van der Waals surface area contributed by atoms with Crippen molar-refractivity contribution in [2.45, 2.75) is 26.2 Å². The van der Waals surface area contributed by atoms with Gasteiger partial charge < -0.3 is 0 Å². The van der Waals surface area contributed by atoms with Gasteiger partial charge in [0.05, 0.1) is 16.4 Å². The Labute approximate surface area is 80.9 Å². The van der Waals surface area contributed by atoms with Crippen molar-refractivity contribution in [3.8, 4) is 0 Å². The maximum atomic E-state index is 4.39. The van der Waals surface area contributed by atoms with Crippen LogP contribution in [-0.2, 0) is 5.41 Å². The van der Waals surface area contributed by atoms with Gasteiger partial charge in [0.15, 0.2) is 5.65 Å². The van der Waals surface area contributed by atoms with Crippen molar-refractivity contribution in [3.05, 3.63) is 17.5 Å². The first-order valence-corrected chi connectivity index (χ1v) is 5.02. The average molecular weight is 193 g/mol. The third kappa shape index (κ3) is 1.54. The summed E-state index contributed by atoms with van der Waals surface area (Å²) in [7, 11) is 0. The molecule has 4 heteroatoms. The molecule has 0 amide bonds. The number of thiazole rings is 1. The lowest BCUT2D eigenvalue weighted by atomic mass is 9.96. The topological polar surface area (TPSA) is 38.7 Å². The molecule has 0 unspecified atom stereocenters. The van der Waals surface area contributed by atoms with Crippen molar-refractivity contribution in [1.29, 1.82) is 0 Å². The van der Waals surface area contributed by atoms with Crippen LogP contribution in [0.15, 0.2) is 11.7 Å². The molecule has 2 aromatic heterocycles. The molecule has 0 saturated carbocycles.